The zero-order chi connectivity index (χ0) is 34.5. The highest BCUT2D eigenvalue weighted by Gasteiger charge is 2.61. The van der Waals surface area contributed by atoms with Gasteiger partial charge in [-0.1, -0.05) is 74.0 Å². The lowest BCUT2D eigenvalue weighted by Gasteiger charge is -2.61. The molecule has 6 heteroatoms. The molecule has 256 valence electrons. The minimum absolute atomic E-state index is 0.00358. The second-order valence-electron chi connectivity index (χ2n) is 18.2. The normalized spacial score (nSPS) is 35.7. The summed E-state index contributed by atoms with van der Waals surface area (Å²) in [7, 11) is 0. The van der Waals surface area contributed by atoms with Gasteiger partial charge in [-0.3, -0.25) is 14.4 Å². The van der Waals surface area contributed by atoms with Gasteiger partial charge in [0, 0.05) is 30.3 Å². The van der Waals surface area contributed by atoms with Gasteiger partial charge in [0.25, 0.3) is 0 Å². The van der Waals surface area contributed by atoms with Gasteiger partial charge in [0.15, 0.2) is 11.6 Å². The van der Waals surface area contributed by atoms with Crippen LogP contribution in [0, 0.1) is 55.7 Å². The Bertz CT molecular complexity index is 1320. The lowest BCUT2D eigenvalue weighted by atomic mass is 9.42. The van der Waals surface area contributed by atoms with Crippen LogP contribution in [0.15, 0.2) is 23.3 Å². The van der Waals surface area contributed by atoms with Gasteiger partial charge in [0.05, 0.1) is 11.7 Å². The van der Waals surface area contributed by atoms with E-state index >= 15 is 0 Å². The summed E-state index contributed by atoms with van der Waals surface area (Å²) in [6.07, 6.45) is 13.3. The van der Waals surface area contributed by atoms with E-state index < -0.39 is 10.8 Å². The second-order valence-corrected chi connectivity index (χ2v) is 18.2. The topological polar surface area (TPSA) is 98.5 Å². The Kier molecular flexibility index (Phi) is 10.1. The van der Waals surface area contributed by atoms with E-state index in [1.165, 1.54) is 0 Å². The van der Waals surface area contributed by atoms with Crippen molar-refractivity contribution in [3.63, 3.8) is 0 Å². The van der Waals surface area contributed by atoms with E-state index in [1.54, 1.807) is 6.92 Å². The molecule has 4 aliphatic rings. The van der Waals surface area contributed by atoms with Gasteiger partial charge < -0.3 is 10.0 Å². The minimum atomic E-state index is -0.691. The van der Waals surface area contributed by atoms with Crippen LogP contribution in [-0.2, 0) is 14.4 Å². The van der Waals surface area contributed by atoms with Crippen molar-refractivity contribution in [2.24, 2.45) is 44.3 Å². The summed E-state index contributed by atoms with van der Waals surface area (Å²) in [6, 6.07) is 2.20. The van der Waals surface area contributed by atoms with Crippen molar-refractivity contribution >= 4 is 17.5 Å². The molecular weight excluding hydrogens is 572 g/mol. The van der Waals surface area contributed by atoms with Gasteiger partial charge in [-0.05, 0) is 111 Å². The number of aliphatic hydroxyl groups is 1. The fourth-order valence-corrected chi connectivity index (χ4v) is 10.4. The van der Waals surface area contributed by atoms with Crippen LogP contribution in [0.2, 0.25) is 0 Å². The van der Waals surface area contributed by atoms with Crippen LogP contribution in [0.25, 0.3) is 0 Å². The Balaban J connectivity index is 1.66. The number of hydrogen-bond acceptors (Lipinski definition) is 5. The Labute approximate surface area is 279 Å². The molecule has 3 fully saturated rings. The molecule has 0 aromatic heterocycles. The number of allylic oxidation sites excluding steroid dienone is 4. The molecule has 46 heavy (non-hydrogen) atoms. The standard InChI is InChI=1S/C40H62N2O4/c1-27-24-35(3,4)17-19-40(27,16-12-33(45)42-21-13-30(44)14-22-42)20-18-36(5,6)39(10)15-11-31-37(7,8)34(46)29(26-41)25-38(31,9)32(39)23-28(2)43/h23,25,27,30-31,44H,11-22,24H2,1-10H3/b32-23-/t27?,31-,38-,39+,40+/m0/s1. The highest BCUT2D eigenvalue weighted by Crippen LogP contribution is 2.67. The highest BCUT2D eigenvalue weighted by molar-refractivity contribution is 6.04. The number of Topliss-reactive ketones (excluding diaryl/α,β-unsaturated/α-hetero) is 1. The lowest BCUT2D eigenvalue weighted by Crippen LogP contribution is -2.56. The molecule has 2 saturated carbocycles. The number of fused-ring (bicyclic) bond motifs is 1. The molecule has 1 saturated heterocycles. The number of likely N-dealkylation sites (tertiary alicyclic amines) is 1. The maximum Gasteiger partial charge on any atom is 0.222 e. The lowest BCUT2D eigenvalue weighted by molar-refractivity contribution is -0.134. The van der Waals surface area contributed by atoms with Crippen molar-refractivity contribution in [1.29, 1.82) is 5.26 Å². The molecule has 5 atom stereocenters. The van der Waals surface area contributed by atoms with Gasteiger partial charge in [0.2, 0.25) is 5.91 Å². The molecule has 1 heterocycles. The molecule has 0 aromatic rings. The zero-order valence-corrected chi connectivity index (χ0v) is 30.6. The van der Waals surface area contributed by atoms with Crippen LogP contribution in [0.4, 0.5) is 0 Å². The first-order valence-corrected chi connectivity index (χ1v) is 18.0. The van der Waals surface area contributed by atoms with E-state index in [9.17, 15) is 24.8 Å². The first-order chi connectivity index (χ1) is 21.1. The zero-order valence-electron chi connectivity index (χ0n) is 30.6. The van der Waals surface area contributed by atoms with Crippen molar-refractivity contribution in [3.05, 3.63) is 23.3 Å². The molecule has 6 nitrogen and oxygen atoms in total. The molecule has 0 radical (unpaired) electrons. The molecule has 1 unspecified atom stereocenters. The second kappa shape index (κ2) is 12.6. The Morgan fingerprint density at radius 1 is 1.04 bits per heavy atom. The van der Waals surface area contributed by atoms with E-state index in [0.29, 0.717) is 38.3 Å². The van der Waals surface area contributed by atoms with E-state index in [0.717, 1.165) is 56.9 Å². The third-order valence-electron chi connectivity index (χ3n) is 14.0. The number of aliphatic hydroxyl groups excluding tert-OH is 1. The maximum atomic E-state index is 13.4. The molecule has 1 aliphatic heterocycles. The molecule has 3 aliphatic carbocycles. The van der Waals surface area contributed by atoms with Crippen molar-refractivity contribution in [2.45, 2.75) is 146 Å². The summed E-state index contributed by atoms with van der Waals surface area (Å²) < 4.78 is 0. The number of hydrogen-bond donors (Lipinski definition) is 1. The fraction of sp³-hybridized carbons (Fsp3) is 0.800. The number of nitrogens with zero attached hydrogens (tertiary/aromatic N) is 2. The highest BCUT2D eigenvalue weighted by atomic mass is 16.3. The van der Waals surface area contributed by atoms with Crippen LogP contribution in [0.1, 0.15) is 140 Å². The van der Waals surface area contributed by atoms with Gasteiger partial charge >= 0.3 is 0 Å². The Hall–Kier alpha value is -2.26. The number of carbonyl (C=O) groups is 3. The number of ketones is 2. The predicted octanol–water partition coefficient (Wildman–Crippen LogP) is 8.39. The fourth-order valence-electron chi connectivity index (χ4n) is 10.4. The predicted molar refractivity (Wildman–Crippen MR) is 183 cm³/mol. The van der Waals surface area contributed by atoms with Crippen molar-refractivity contribution in [2.75, 3.05) is 13.1 Å². The van der Waals surface area contributed by atoms with Crippen LogP contribution in [-0.4, -0.2) is 46.7 Å². The Morgan fingerprint density at radius 3 is 2.24 bits per heavy atom. The monoisotopic (exact) mass is 634 g/mol. The quantitative estimate of drug-likeness (QED) is 0.271. The third kappa shape index (κ3) is 6.56. The van der Waals surface area contributed by atoms with Crippen LogP contribution in [0.3, 0.4) is 0 Å². The summed E-state index contributed by atoms with van der Waals surface area (Å²) in [5.74, 6) is 0.635. The number of piperidine rings is 1. The van der Waals surface area contributed by atoms with Gasteiger partial charge in [-0.15, -0.1) is 0 Å². The van der Waals surface area contributed by atoms with Crippen LogP contribution >= 0.6 is 0 Å². The average Bonchev–Trinajstić information content (AvgIpc) is 2.96. The molecule has 4 rings (SSSR count). The van der Waals surface area contributed by atoms with Crippen molar-refractivity contribution in [3.8, 4) is 6.07 Å². The minimum Gasteiger partial charge on any atom is -0.393 e. The number of rotatable bonds is 8. The molecule has 1 N–H and O–H groups in total. The molecule has 0 bridgehead atoms. The molecule has 0 aromatic carbocycles. The third-order valence-corrected chi connectivity index (χ3v) is 14.0. The molecule has 0 spiro atoms. The van der Waals surface area contributed by atoms with Gasteiger partial charge in [-0.25, -0.2) is 0 Å². The molecule has 1 amide bonds. The van der Waals surface area contributed by atoms with E-state index in [1.807, 2.05) is 30.9 Å². The first-order valence-electron chi connectivity index (χ1n) is 18.0. The summed E-state index contributed by atoms with van der Waals surface area (Å²) in [5.41, 5.74) is -0.135. The summed E-state index contributed by atoms with van der Waals surface area (Å²) in [6.45, 7) is 23.2. The molecular formula is C40H62N2O4. The number of amides is 1. The first kappa shape index (κ1) is 36.6. The van der Waals surface area contributed by atoms with Crippen molar-refractivity contribution < 1.29 is 19.5 Å². The van der Waals surface area contributed by atoms with E-state index in [2.05, 4.69) is 54.5 Å². The number of nitriles is 1. The Morgan fingerprint density at radius 2 is 1.67 bits per heavy atom. The van der Waals surface area contributed by atoms with Crippen LogP contribution in [0.5, 0.6) is 0 Å². The van der Waals surface area contributed by atoms with Crippen molar-refractivity contribution in [1.82, 2.24) is 4.90 Å². The van der Waals surface area contributed by atoms with E-state index in [-0.39, 0.29) is 56.7 Å². The summed E-state index contributed by atoms with van der Waals surface area (Å²) in [4.78, 5) is 41.6. The summed E-state index contributed by atoms with van der Waals surface area (Å²) >= 11 is 0. The maximum absolute atomic E-state index is 13.4. The van der Waals surface area contributed by atoms with Gasteiger partial charge in [0.1, 0.15) is 6.07 Å². The van der Waals surface area contributed by atoms with Crippen LogP contribution < -0.4 is 0 Å². The largest absolute Gasteiger partial charge is 0.393 e. The SMILES string of the molecule is CC(=O)/C=C1/[C@@]2(C)C=C(C#N)C(=O)C(C)(C)[C@@H]2CC[C@@]1(C)C(C)(C)CC[C@@]1(CCC(=O)N2CCC(O)CC2)CCC(C)(C)CC1C. The average molecular weight is 635 g/mol. The number of carbonyl (C=O) groups excluding carboxylic acids is 3. The van der Waals surface area contributed by atoms with E-state index in [4.69, 9.17) is 0 Å². The smallest absolute Gasteiger partial charge is 0.222 e. The van der Waals surface area contributed by atoms with Gasteiger partial charge in [-0.2, -0.15) is 5.26 Å². The summed E-state index contributed by atoms with van der Waals surface area (Å²) in [5, 5.41) is 20.0.